The van der Waals surface area contributed by atoms with E-state index in [-0.39, 0.29) is 5.97 Å². The van der Waals surface area contributed by atoms with Crippen LogP contribution in [-0.4, -0.2) is 43.6 Å². The third-order valence-electron chi connectivity index (χ3n) is 2.63. The first kappa shape index (κ1) is 15.7. The number of methoxy groups -OCH3 is 1. The van der Waals surface area contributed by atoms with Crippen LogP contribution in [0, 0.1) is 0 Å². The molecule has 17 heavy (non-hydrogen) atoms. The Kier molecular flexibility index (Phi) is 9.19. The van der Waals surface area contributed by atoms with Crippen molar-refractivity contribution in [1.29, 1.82) is 0 Å². The monoisotopic (exact) mass is 243 g/mol. The van der Waals surface area contributed by atoms with E-state index in [4.69, 9.17) is 5.73 Å². The smallest absolute Gasteiger partial charge is 0.305 e. The first-order valence-corrected chi connectivity index (χ1v) is 6.27. The van der Waals surface area contributed by atoms with Crippen molar-refractivity contribution in [2.75, 3.05) is 26.7 Å². The second kappa shape index (κ2) is 9.93. The van der Waals surface area contributed by atoms with E-state index < -0.39 is 0 Å². The molecule has 0 aliphatic carbocycles. The van der Waals surface area contributed by atoms with E-state index in [1.807, 2.05) is 4.90 Å². The summed E-state index contributed by atoms with van der Waals surface area (Å²) in [7, 11) is 1.41. The van der Waals surface area contributed by atoms with Gasteiger partial charge in [-0.05, 0) is 26.7 Å². The van der Waals surface area contributed by atoms with Crippen molar-refractivity contribution in [2.24, 2.45) is 10.7 Å². The summed E-state index contributed by atoms with van der Waals surface area (Å²) in [6, 6.07) is 0. The second-order valence-electron chi connectivity index (χ2n) is 3.80. The highest BCUT2D eigenvalue weighted by Crippen LogP contribution is 2.01. The second-order valence-corrected chi connectivity index (χ2v) is 3.80. The van der Waals surface area contributed by atoms with Gasteiger partial charge in [-0.25, -0.2) is 0 Å². The lowest BCUT2D eigenvalue weighted by Gasteiger charge is -2.19. The summed E-state index contributed by atoms with van der Waals surface area (Å²) in [4.78, 5) is 17.2. The molecule has 0 rings (SSSR count). The van der Waals surface area contributed by atoms with Crippen molar-refractivity contribution in [2.45, 2.75) is 39.5 Å². The van der Waals surface area contributed by atoms with Crippen molar-refractivity contribution >= 4 is 11.9 Å². The van der Waals surface area contributed by atoms with Crippen LogP contribution in [0.1, 0.15) is 39.5 Å². The molecule has 5 nitrogen and oxygen atoms in total. The summed E-state index contributed by atoms with van der Waals surface area (Å²) in [6.45, 7) is 6.61. The normalized spacial score (nSPS) is 11.4. The summed E-state index contributed by atoms with van der Waals surface area (Å²) in [5, 5.41) is 0. The van der Waals surface area contributed by atoms with Crippen LogP contribution in [0.15, 0.2) is 4.99 Å². The molecule has 0 amide bonds. The van der Waals surface area contributed by atoms with Gasteiger partial charge < -0.3 is 15.4 Å². The third kappa shape index (κ3) is 7.60. The van der Waals surface area contributed by atoms with Gasteiger partial charge >= 0.3 is 5.97 Å². The zero-order valence-corrected chi connectivity index (χ0v) is 11.2. The molecule has 0 bridgehead atoms. The number of nitrogens with two attached hydrogens (primary N) is 1. The van der Waals surface area contributed by atoms with Crippen molar-refractivity contribution in [3.8, 4) is 0 Å². The van der Waals surface area contributed by atoms with Gasteiger partial charge in [-0.1, -0.05) is 6.42 Å². The molecule has 0 atom stereocenters. The maximum Gasteiger partial charge on any atom is 0.305 e. The van der Waals surface area contributed by atoms with Gasteiger partial charge in [0.2, 0.25) is 0 Å². The largest absolute Gasteiger partial charge is 0.469 e. The van der Waals surface area contributed by atoms with E-state index in [0.717, 1.165) is 38.9 Å². The van der Waals surface area contributed by atoms with E-state index in [2.05, 4.69) is 23.6 Å². The van der Waals surface area contributed by atoms with Gasteiger partial charge in [0.1, 0.15) is 0 Å². The topological polar surface area (TPSA) is 67.9 Å². The number of carbonyl (C=O) groups excluding carboxylic acids is 1. The number of nitrogens with zero attached hydrogens (tertiary/aromatic N) is 2. The fourth-order valence-corrected chi connectivity index (χ4v) is 1.50. The van der Waals surface area contributed by atoms with Crippen LogP contribution in [0.2, 0.25) is 0 Å². The number of ether oxygens (including phenoxy) is 1. The van der Waals surface area contributed by atoms with Crippen LogP contribution in [0.5, 0.6) is 0 Å². The quantitative estimate of drug-likeness (QED) is 0.303. The fourth-order valence-electron chi connectivity index (χ4n) is 1.50. The van der Waals surface area contributed by atoms with Crippen LogP contribution in [0.25, 0.3) is 0 Å². The molecule has 0 unspecified atom stereocenters. The van der Waals surface area contributed by atoms with E-state index in [0.29, 0.717) is 12.4 Å². The number of unbranched alkanes of at least 4 members (excludes halogenated alkanes) is 2. The molecule has 0 saturated heterocycles. The Morgan fingerprint density at radius 1 is 1.24 bits per heavy atom. The minimum Gasteiger partial charge on any atom is -0.469 e. The molecule has 0 saturated carbocycles. The average molecular weight is 243 g/mol. The van der Waals surface area contributed by atoms with Crippen molar-refractivity contribution in [3.05, 3.63) is 0 Å². The zero-order chi connectivity index (χ0) is 13.1. The number of carbonyl (C=O) groups is 1. The molecule has 0 aromatic heterocycles. The first-order chi connectivity index (χ1) is 8.15. The Labute approximate surface area is 104 Å². The lowest BCUT2D eigenvalue weighted by atomic mass is 10.2. The van der Waals surface area contributed by atoms with Crippen LogP contribution in [-0.2, 0) is 9.53 Å². The van der Waals surface area contributed by atoms with Crippen LogP contribution in [0.4, 0.5) is 0 Å². The Morgan fingerprint density at radius 2 is 1.88 bits per heavy atom. The highest BCUT2D eigenvalue weighted by atomic mass is 16.5. The molecule has 0 fully saturated rings. The predicted molar refractivity (Wildman–Crippen MR) is 69.9 cm³/mol. The fraction of sp³-hybridized carbons (Fsp3) is 0.833. The predicted octanol–water partition coefficient (Wildman–Crippen LogP) is 1.38. The van der Waals surface area contributed by atoms with Gasteiger partial charge in [0.25, 0.3) is 0 Å². The molecular weight excluding hydrogens is 218 g/mol. The number of guanidine groups is 1. The number of rotatable bonds is 8. The molecule has 0 radical (unpaired) electrons. The van der Waals surface area contributed by atoms with E-state index in [1.165, 1.54) is 7.11 Å². The Hall–Kier alpha value is -1.26. The molecule has 5 heteroatoms. The van der Waals surface area contributed by atoms with Gasteiger partial charge in [-0.15, -0.1) is 0 Å². The Balaban J connectivity index is 3.62. The summed E-state index contributed by atoms with van der Waals surface area (Å²) >= 11 is 0. The van der Waals surface area contributed by atoms with Gasteiger partial charge in [-0.3, -0.25) is 9.79 Å². The minimum atomic E-state index is -0.142. The SMILES string of the molecule is CCN(CC)C(N)=NCCCCCC(=O)OC. The van der Waals surface area contributed by atoms with Crippen LogP contribution < -0.4 is 5.73 Å². The molecule has 0 heterocycles. The Bertz CT molecular complexity index is 238. The molecule has 100 valence electrons. The summed E-state index contributed by atoms with van der Waals surface area (Å²) in [6.07, 6.45) is 3.28. The minimum absolute atomic E-state index is 0.142. The van der Waals surface area contributed by atoms with Crippen molar-refractivity contribution in [1.82, 2.24) is 4.90 Å². The van der Waals surface area contributed by atoms with Gasteiger partial charge in [0.15, 0.2) is 5.96 Å². The van der Waals surface area contributed by atoms with Gasteiger partial charge in [0.05, 0.1) is 7.11 Å². The Morgan fingerprint density at radius 3 is 2.41 bits per heavy atom. The number of aliphatic imine (C=N–C) groups is 1. The molecule has 0 aliphatic rings. The van der Waals surface area contributed by atoms with E-state index >= 15 is 0 Å². The van der Waals surface area contributed by atoms with E-state index in [9.17, 15) is 4.79 Å². The molecule has 0 aromatic rings. The number of hydrogen-bond acceptors (Lipinski definition) is 3. The third-order valence-corrected chi connectivity index (χ3v) is 2.63. The average Bonchev–Trinajstić information content (AvgIpc) is 2.34. The summed E-state index contributed by atoms with van der Waals surface area (Å²) in [5.74, 6) is 0.471. The molecule has 0 aromatic carbocycles. The van der Waals surface area contributed by atoms with Crippen LogP contribution >= 0.6 is 0 Å². The summed E-state index contributed by atoms with van der Waals surface area (Å²) in [5.41, 5.74) is 5.83. The maximum absolute atomic E-state index is 10.8. The molecule has 0 spiro atoms. The summed E-state index contributed by atoms with van der Waals surface area (Å²) < 4.78 is 4.56. The van der Waals surface area contributed by atoms with E-state index in [1.54, 1.807) is 0 Å². The van der Waals surface area contributed by atoms with Gasteiger partial charge in [0, 0.05) is 26.1 Å². The first-order valence-electron chi connectivity index (χ1n) is 6.27. The van der Waals surface area contributed by atoms with Gasteiger partial charge in [-0.2, -0.15) is 0 Å². The number of hydrogen-bond donors (Lipinski definition) is 1. The van der Waals surface area contributed by atoms with Crippen LogP contribution in [0.3, 0.4) is 0 Å². The molecular formula is C12H25N3O2. The number of esters is 1. The van der Waals surface area contributed by atoms with Crippen molar-refractivity contribution < 1.29 is 9.53 Å². The highest BCUT2D eigenvalue weighted by molar-refractivity contribution is 5.77. The lowest BCUT2D eigenvalue weighted by Crippen LogP contribution is -2.37. The highest BCUT2D eigenvalue weighted by Gasteiger charge is 2.01. The lowest BCUT2D eigenvalue weighted by molar-refractivity contribution is -0.140. The maximum atomic E-state index is 10.8. The molecule has 2 N–H and O–H groups in total. The zero-order valence-electron chi connectivity index (χ0n) is 11.2. The van der Waals surface area contributed by atoms with Crippen molar-refractivity contribution in [3.63, 3.8) is 0 Å². The molecule has 0 aliphatic heterocycles. The standard InChI is InChI=1S/C12H25N3O2/c1-4-15(5-2)12(13)14-10-8-6-7-9-11(16)17-3/h4-10H2,1-3H3,(H2,13,14).